The molecule has 0 spiro atoms. The van der Waals surface area contributed by atoms with Gasteiger partial charge in [-0.25, -0.2) is 8.42 Å². The van der Waals surface area contributed by atoms with Crippen LogP contribution >= 0.6 is 26.6 Å². The first-order valence-electron chi connectivity index (χ1n) is 3.26. The molecule has 0 amide bonds. The highest BCUT2D eigenvalue weighted by Gasteiger charge is 2.13. The summed E-state index contributed by atoms with van der Waals surface area (Å²) in [6.45, 7) is 1.66. The third-order valence-corrected chi connectivity index (χ3v) is 3.86. The van der Waals surface area contributed by atoms with Crippen LogP contribution in [0.1, 0.15) is 5.56 Å². The number of hydrogen-bond acceptors (Lipinski definition) is 3. The summed E-state index contributed by atoms with van der Waals surface area (Å²) in [5.74, 6) is -0.140. The lowest BCUT2D eigenvalue weighted by molar-refractivity contribution is 0.469. The van der Waals surface area contributed by atoms with Crippen molar-refractivity contribution in [3.63, 3.8) is 0 Å². The van der Waals surface area contributed by atoms with Gasteiger partial charge < -0.3 is 5.11 Å². The second-order valence-electron chi connectivity index (χ2n) is 2.51. The molecule has 0 radical (unpaired) electrons. The third kappa shape index (κ3) is 2.36. The van der Waals surface area contributed by atoms with Gasteiger partial charge in [-0.1, -0.05) is 0 Å². The Morgan fingerprint density at radius 2 is 2.00 bits per heavy atom. The van der Waals surface area contributed by atoms with Gasteiger partial charge in [0.15, 0.2) is 0 Å². The van der Waals surface area contributed by atoms with Crippen molar-refractivity contribution >= 4 is 35.7 Å². The van der Waals surface area contributed by atoms with Crippen molar-refractivity contribution in [2.24, 2.45) is 0 Å². The average Bonchev–Trinajstić information content (AvgIpc) is 1.97. The lowest BCUT2D eigenvalue weighted by atomic mass is 10.2. The normalized spacial score (nSPS) is 11.6. The standard InChI is InChI=1S/C7H6BrClO3S/c1-4-2-5(13(9,11)12)3-6(10)7(4)8/h2-3,10H,1H3. The highest BCUT2D eigenvalue weighted by atomic mass is 79.9. The van der Waals surface area contributed by atoms with Crippen LogP contribution in [0.25, 0.3) is 0 Å². The lowest BCUT2D eigenvalue weighted by Gasteiger charge is -2.03. The Labute approximate surface area is 88.9 Å². The van der Waals surface area contributed by atoms with E-state index in [1.165, 1.54) is 6.07 Å². The van der Waals surface area contributed by atoms with E-state index < -0.39 is 9.05 Å². The fourth-order valence-electron chi connectivity index (χ4n) is 0.859. The fourth-order valence-corrected chi connectivity index (χ4v) is 1.93. The predicted molar refractivity (Wildman–Crippen MR) is 53.6 cm³/mol. The first-order valence-corrected chi connectivity index (χ1v) is 6.36. The predicted octanol–water partition coefficient (Wildman–Crippen LogP) is 2.39. The van der Waals surface area contributed by atoms with Crippen LogP contribution in [0.3, 0.4) is 0 Å². The largest absolute Gasteiger partial charge is 0.507 e. The van der Waals surface area contributed by atoms with Gasteiger partial charge >= 0.3 is 0 Å². The first kappa shape index (κ1) is 10.8. The van der Waals surface area contributed by atoms with Gasteiger partial charge in [0, 0.05) is 16.7 Å². The van der Waals surface area contributed by atoms with Gasteiger partial charge in [-0.2, -0.15) is 0 Å². The Morgan fingerprint density at radius 1 is 1.46 bits per heavy atom. The van der Waals surface area contributed by atoms with Crippen molar-refractivity contribution in [3.05, 3.63) is 22.2 Å². The summed E-state index contributed by atoms with van der Waals surface area (Å²) in [7, 11) is 1.33. The van der Waals surface area contributed by atoms with E-state index in [4.69, 9.17) is 10.7 Å². The van der Waals surface area contributed by atoms with E-state index in [1.54, 1.807) is 6.92 Å². The van der Waals surface area contributed by atoms with Crippen LogP contribution < -0.4 is 0 Å². The van der Waals surface area contributed by atoms with E-state index in [2.05, 4.69) is 15.9 Å². The van der Waals surface area contributed by atoms with Crippen molar-refractivity contribution in [2.45, 2.75) is 11.8 Å². The molecule has 0 aliphatic rings. The second kappa shape index (κ2) is 3.48. The van der Waals surface area contributed by atoms with Crippen LogP contribution in [-0.4, -0.2) is 13.5 Å². The zero-order chi connectivity index (χ0) is 10.2. The highest BCUT2D eigenvalue weighted by Crippen LogP contribution is 2.31. The molecule has 0 saturated heterocycles. The third-order valence-electron chi connectivity index (χ3n) is 1.49. The number of phenolic OH excluding ortho intramolecular Hbond substituents is 1. The van der Waals surface area contributed by atoms with Gasteiger partial charge in [0.2, 0.25) is 0 Å². The van der Waals surface area contributed by atoms with E-state index >= 15 is 0 Å². The number of aryl methyl sites for hydroxylation is 1. The number of halogens is 2. The minimum absolute atomic E-state index is 0.104. The van der Waals surface area contributed by atoms with Gasteiger partial charge in [0.05, 0.1) is 9.37 Å². The van der Waals surface area contributed by atoms with Crippen LogP contribution in [0.2, 0.25) is 0 Å². The smallest absolute Gasteiger partial charge is 0.261 e. The maximum Gasteiger partial charge on any atom is 0.261 e. The topological polar surface area (TPSA) is 54.4 Å². The molecule has 0 aliphatic heterocycles. The Bertz CT molecular complexity index is 418. The molecule has 0 bridgehead atoms. The first-order chi connectivity index (χ1) is 5.82. The van der Waals surface area contributed by atoms with E-state index in [0.29, 0.717) is 10.0 Å². The van der Waals surface area contributed by atoms with Crippen molar-refractivity contribution in [1.82, 2.24) is 0 Å². The summed E-state index contributed by atoms with van der Waals surface area (Å²) in [6.07, 6.45) is 0. The molecule has 3 nitrogen and oxygen atoms in total. The summed E-state index contributed by atoms with van der Waals surface area (Å²) >= 11 is 3.09. The molecule has 1 aromatic rings. The Kier molecular flexibility index (Phi) is 2.89. The molecule has 0 aliphatic carbocycles. The van der Waals surface area contributed by atoms with E-state index in [0.717, 1.165) is 6.07 Å². The molecule has 1 rings (SSSR count). The molecule has 1 aromatic carbocycles. The molecule has 0 aromatic heterocycles. The number of phenols is 1. The van der Waals surface area contributed by atoms with E-state index in [9.17, 15) is 13.5 Å². The second-order valence-corrected chi connectivity index (χ2v) is 5.87. The fraction of sp³-hybridized carbons (Fsp3) is 0.143. The van der Waals surface area contributed by atoms with Crippen molar-refractivity contribution < 1.29 is 13.5 Å². The Morgan fingerprint density at radius 3 is 2.38 bits per heavy atom. The average molecular weight is 286 g/mol. The van der Waals surface area contributed by atoms with Crippen molar-refractivity contribution in [3.8, 4) is 5.75 Å². The molecule has 0 fully saturated rings. The minimum Gasteiger partial charge on any atom is -0.507 e. The molecule has 13 heavy (non-hydrogen) atoms. The van der Waals surface area contributed by atoms with Gasteiger partial charge in [-0.3, -0.25) is 0 Å². The zero-order valence-corrected chi connectivity index (χ0v) is 9.74. The molecule has 0 saturated carbocycles. The maximum absolute atomic E-state index is 10.9. The summed E-state index contributed by atoms with van der Waals surface area (Å²) in [5.41, 5.74) is 0.610. The monoisotopic (exact) mass is 284 g/mol. The SMILES string of the molecule is Cc1cc(S(=O)(=O)Cl)cc(O)c1Br. The number of rotatable bonds is 1. The molecular weight excluding hydrogens is 279 g/mol. The molecule has 72 valence electrons. The molecule has 0 heterocycles. The van der Waals surface area contributed by atoms with Crippen LogP contribution in [0, 0.1) is 6.92 Å². The maximum atomic E-state index is 10.9. The molecule has 0 unspecified atom stereocenters. The van der Waals surface area contributed by atoms with Crippen LogP contribution in [0.4, 0.5) is 0 Å². The number of hydrogen-bond donors (Lipinski definition) is 1. The minimum atomic E-state index is -3.77. The van der Waals surface area contributed by atoms with Gasteiger partial charge in [-0.05, 0) is 34.5 Å². The molecule has 6 heteroatoms. The van der Waals surface area contributed by atoms with E-state index in [1.807, 2.05) is 0 Å². The lowest BCUT2D eigenvalue weighted by Crippen LogP contribution is -1.91. The van der Waals surface area contributed by atoms with Gasteiger partial charge in [0.1, 0.15) is 5.75 Å². The zero-order valence-electron chi connectivity index (χ0n) is 6.58. The molecule has 0 atom stereocenters. The summed E-state index contributed by atoms with van der Waals surface area (Å²) in [5, 5.41) is 9.27. The van der Waals surface area contributed by atoms with Crippen LogP contribution in [0.15, 0.2) is 21.5 Å². The van der Waals surface area contributed by atoms with Crippen molar-refractivity contribution in [1.29, 1.82) is 0 Å². The molecular formula is C7H6BrClO3S. The number of aromatic hydroxyl groups is 1. The summed E-state index contributed by atoms with van der Waals surface area (Å²) in [4.78, 5) is -0.104. The van der Waals surface area contributed by atoms with E-state index in [-0.39, 0.29) is 10.6 Å². The number of benzene rings is 1. The van der Waals surface area contributed by atoms with Gasteiger partial charge in [0.25, 0.3) is 9.05 Å². The van der Waals surface area contributed by atoms with Crippen LogP contribution in [-0.2, 0) is 9.05 Å². The highest BCUT2D eigenvalue weighted by molar-refractivity contribution is 9.10. The Balaban J connectivity index is 3.47. The summed E-state index contributed by atoms with van der Waals surface area (Å²) < 4.78 is 22.2. The van der Waals surface area contributed by atoms with Crippen LogP contribution in [0.5, 0.6) is 5.75 Å². The van der Waals surface area contributed by atoms with Gasteiger partial charge in [-0.15, -0.1) is 0 Å². The van der Waals surface area contributed by atoms with Crippen molar-refractivity contribution in [2.75, 3.05) is 0 Å². The summed E-state index contributed by atoms with van der Waals surface area (Å²) in [6, 6.07) is 2.48. The Hall–Kier alpha value is -0.260. The quantitative estimate of drug-likeness (QED) is 0.806. The molecule has 1 N–H and O–H groups in total.